The van der Waals surface area contributed by atoms with Crippen molar-refractivity contribution in [2.75, 3.05) is 31.6 Å². The smallest absolute Gasteiger partial charge is 0.101 e. The van der Waals surface area contributed by atoms with E-state index >= 15 is 0 Å². The van der Waals surface area contributed by atoms with Gasteiger partial charge < -0.3 is 10.1 Å². The molecule has 1 aliphatic carbocycles. The van der Waals surface area contributed by atoms with Gasteiger partial charge in [-0.05, 0) is 25.0 Å². The van der Waals surface area contributed by atoms with Gasteiger partial charge in [0.1, 0.15) is 6.07 Å². The number of hydrogen-bond donors (Lipinski definition) is 1. The summed E-state index contributed by atoms with van der Waals surface area (Å²) in [6, 6.07) is 8.29. The zero-order valence-electron chi connectivity index (χ0n) is 11.3. The Morgan fingerprint density at radius 3 is 3.05 bits per heavy atom. The van der Waals surface area contributed by atoms with Crippen LogP contribution in [0.3, 0.4) is 0 Å². The molecule has 3 rings (SSSR count). The van der Waals surface area contributed by atoms with Gasteiger partial charge in [0.25, 0.3) is 0 Å². The first-order chi connectivity index (χ1) is 9.78. The summed E-state index contributed by atoms with van der Waals surface area (Å²) in [4.78, 5) is 2.51. The number of benzene rings is 1. The van der Waals surface area contributed by atoms with Gasteiger partial charge in [-0.15, -0.1) is 0 Å². The second-order valence-corrected chi connectivity index (χ2v) is 5.78. The molecule has 1 aromatic rings. The van der Waals surface area contributed by atoms with Crippen molar-refractivity contribution < 1.29 is 4.74 Å². The van der Waals surface area contributed by atoms with Crippen molar-refractivity contribution in [1.29, 1.82) is 5.26 Å². The Morgan fingerprint density at radius 1 is 1.45 bits per heavy atom. The number of morpholine rings is 1. The predicted octanol–water partition coefficient (Wildman–Crippen LogP) is 2.49. The molecule has 1 unspecified atom stereocenters. The zero-order chi connectivity index (χ0) is 13.9. The van der Waals surface area contributed by atoms with E-state index in [-0.39, 0.29) is 6.10 Å². The highest BCUT2D eigenvalue weighted by Crippen LogP contribution is 2.29. The number of hydrogen-bond acceptors (Lipinski definition) is 4. The van der Waals surface area contributed by atoms with E-state index in [1.807, 2.05) is 0 Å². The van der Waals surface area contributed by atoms with Crippen LogP contribution in [0.1, 0.15) is 18.4 Å². The molecule has 1 saturated carbocycles. The fourth-order valence-corrected chi connectivity index (χ4v) is 2.89. The van der Waals surface area contributed by atoms with E-state index < -0.39 is 0 Å². The molecule has 5 heteroatoms. The number of halogens is 1. The first-order valence-corrected chi connectivity index (χ1v) is 7.44. The Morgan fingerprint density at radius 2 is 2.30 bits per heavy atom. The van der Waals surface area contributed by atoms with Crippen molar-refractivity contribution >= 4 is 17.3 Å². The number of para-hydroxylation sites is 1. The molecular formula is C15H18ClN3O. The number of anilines is 1. The van der Waals surface area contributed by atoms with E-state index in [1.165, 1.54) is 12.8 Å². The first-order valence-electron chi connectivity index (χ1n) is 7.06. The maximum atomic E-state index is 9.11. The highest BCUT2D eigenvalue weighted by Gasteiger charge is 2.32. The van der Waals surface area contributed by atoms with Gasteiger partial charge in [0.05, 0.1) is 29.0 Å². The topological polar surface area (TPSA) is 48.3 Å². The molecule has 1 aromatic carbocycles. The van der Waals surface area contributed by atoms with Crippen LogP contribution >= 0.6 is 11.6 Å². The molecule has 0 amide bonds. The standard InChI is InChI=1S/C15H18ClN3O/c16-14-3-1-2-11(8-17)15(14)18-9-13-10-19(6-7-20-13)12-4-5-12/h1-3,12-13,18H,4-7,9-10H2. The van der Waals surface area contributed by atoms with Crippen molar-refractivity contribution in [3.8, 4) is 6.07 Å². The maximum Gasteiger partial charge on any atom is 0.101 e. The second kappa shape index (κ2) is 6.01. The Balaban J connectivity index is 1.60. The lowest BCUT2D eigenvalue weighted by Gasteiger charge is -2.33. The molecule has 2 fully saturated rings. The number of rotatable bonds is 4. The van der Waals surface area contributed by atoms with Crippen molar-refractivity contribution in [3.63, 3.8) is 0 Å². The summed E-state index contributed by atoms with van der Waals surface area (Å²) >= 11 is 6.15. The van der Waals surface area contributed by atoms with E-state index in [0.29, 0.717) is 22.8 Å². The molecule has 106 valence electrons. The predicted molar refractivity (Wildman–Crippen MR) is 79.0 cm³/mol. The minimum atomic E-state index is 0.159. The van der Waals surface area contributed by atoms with E-state index in [2.05, 4.69) is 16.3 Å². The SMILES string of the molecule is N#Cc1cccc(Cl)c1NCC1CN(C2CC2)CCO1. The third-order valence-electron chi connectivity index (χ3n) is 3.87. The lowest BCUT2D eigenvalue weighted by atomic mass is 10.2. The van der Waals surface area contributed by atoms with Crippen LogP contribution in [0.4, 0.5) is 5.69 Å². The first kappa shape index (κ1) is 13.7. The van der Waals surface area contributed by atoms with Gasteiger partial charge in [0, 0.05) is 25.7 Å². The van der Waals surface area contributed by atoms with Gasteiger partial charge in [-0.1, -0.05) is 17.7 Å². The summed E-state index contributed by atoms with van der Waals surface area (Å²) < 4.78 is 5.79. The summed E-state index contributed by atoms with van der Waals surface area (Å²) in [6.45, 7) is 3.47. The van der Waals surface area contributed by atoms with Gasteiger partial charge >= 0.3 is 0 Å². The molecule has 0 radical (unpaired) electrons. The summed E-state index contributed by atoms with van der Waals surface area (Å²) in [7, 11) is 0. The monoisotopic (exact) mass is 291 g/mol. The molecule has 4 nitrogen and oxygen atoms in total. The molecule has 1 aliphatic heterocycles. The minimum Gasteiger partial charge on any atom is -0.380 e. The molecule has 0 spiro atoms. The van der Waals surface area contributed by atoms with Crippen LogP contribution in [0.25, 0.3) is 0 Å². The lowest BCUT2D eigenvalue weighted by Crippen LogP contribution is -2.46. The molecule has 2 aliphatic rings. The fourth-order valence-electron chi connectivity index (χ4n) is 2.65. The quantitative estimate of drug-likeness (QED) is 0.926. The molecule has 20 heavy (non-hydrogen) atoms. The van der Waals surface area contributed by atoms with E-state index in [1.54, 1.807) is 18.2 Å². The van der Waals surface area contributed by atoms with Crippen molar-refractivity contribution in [2.45, 2.75) is 25.0 Å². The van der Waals surface area contributed by atoms with Gasteiger partial charge in [-0.25, -0.2) is 0 Å². The zero-order valence-corrected chi connectivity index (χ0v) is 12.1. The van der Waals surface area contributed by atoms with E-state index in [0.717, 1.165) is 25.7 Å². The van der Waals surface area contributed by atoms with Gasteiger partial charge in [0.2, 0.25) is 0 Å². The largest absolute Gasteiger partial charge is 0.380 e. The molecule has 1 heterocycles. The van der Waals surface area contributed by atoms with E-state index in [9.17, 15) is 0 Å². The van der Waals surface area contributed by atoms with Crippen LogP contribution in [-0.2, 0) is 4.74 Å². The number of nitrogens with one attached hydrogen (secondary N) is 1. The molecule has 1 atom stereocenters. The Kier molecular flexibility index (Phi) is 4.11. The molecule has 1 saturated heterocycles. The third kappa shape index (κ3) is 3.06. The summed E-state index contributed by atoms with van der Waals surface area (Å²) in [5, 5.41) is 13.0. The van der Waals surface area contributed by atoms with Crippen LogP contribution in [0.5, 0.6) is 0 Å². The van der Waals surface area contributed by atoms with Gasteiger partial charge in [0.15, 0.2) is 0 Å². The van der Waals surface area contributed by atoms with Crippen LogP contribution < -0.4 is 5.32 Å². The number of nitrogens with zero attached hydrogens (tertiary/aromatic N) is 2. The van der Waals surface area contributed by atoms with Crippen molar-refractivity contribution in [2.24, 2.45) is 0 Å². The number of nitriles is 1. The van der Waals surface area contributed by atoms with E-state index in [4.69, 9.17) is 21.6 Å². The van der Waals surface area contributed by atoms with Gasteiger partial charge in [-0.2, -0.15) is 5.26 Å². The molecule has 0 aromatic heterocycles. The fraction of sp³-hybridized carbons (Fsp3) is 0.533. The molecular weight excluding hydrogens is 274 g/mol. The Labute approximate surface area is 124 Å². The summed E-state index contributed by atoms with van der Waals surface area (Å²) in [5.74, 6) is 0. The van der Waals surface area contributed by atoms with Crippen LogP contribution in [0, 0.1) is 11.3 Å². The Hall–Kier alpha value is -1.28. The lowest BCUT2D eigenvalue weighted by molar-refractivity contribution is -0.0241. The third-order valence-corrected chi connectivity index (χ3v) is 4.19. The minimum absolute atomic E-state index is 0.159. The highest BCUT2D eigenvalue weighted by molar-refractivity contribution is 6.33. The molecule has 1 N–H and O–H groups in total. The second-order valence-electron chi connectivity index (χ2n) is 5.37. The summed E-state index contributed by atoms with van der Waals surface area (Å²) in [6.07, 6.45) is 2.80. The average molecular weight is 292 g/mol. The normalized spacial score (nSPS) is 23.3. The van der Waals surface area contributed by atoms with Crippen molar-refractivity contribution in [1.82, 2.24) is 4.90 Å². The van der Waals surface area contributed by atoms with Crippen LogP contribution in [0.15, 0.2) is 18.2 Å². The van der Waals surface area contributed by atoms with Crippen LogP contribution in [-0.4, -0.2) is 43.3 Å². The maximum absolute atomic E-state index is 9.11. The summed E-state index contributed by atoms with van der Waals surface area (Å²) in [5.41, 5.74) is 1.29. The number of ether oxygens (including phenoxy) is 1. The highest BCUT2D eigenvalue weighted by atomic mass is 35.5. The van der Waals surface area contributed by atoms with Crippen LogP contribution in [0.2, 0.25) is 5.02 Å². The Bertz CT molecular complexity index is 524. The molecule has 0 bridgehead atoms. The average Bonchev–Trinajstić information content (AvgIpc) is 3.30. The van der Waals surface area contributed by atoms with Crippen molar-refractivity contribution in [3.05, 3.63) is 28.8 Å². The van der Waals surface area contributed by atoms with Gasteiger partial charge in [-0.3, -0.25) is 4.90 Å².